The van der Waals surface area contributed by atoms with E-state index in [1.807, 2.05) is 37.4 Å². The van der Waals surface area contributed by atoms with Gasteiger partial charge in [0.05, 0.1) is 0 Å². The van der Waals surface area contributed by atoms with E-state index in [1.54, 1.807) is 12.1 Å². The standard InChI is InChI=1S/C20H18F2N2O/c1-23-15-8-9-19(25)17(11-15)13-4-2-6-16(10-13)24-12-14-5-3-7-18(21)20(14)22/h2-11,23-25H,12H2,1H3. The Labute approximate surface area is 145 Å². The SMILES string of the molecule is CNc1ccc(O)c(-c2cccc(NCc3cccc(F)c3F)c2)c1. The van der Waals surface area contributed by atoms with E-state index < -0.39 is 11.6 Å². The molecule has 5 heteroatoms. The van der Waals surface area contributed by atoms with Crippen molar-refractivity contribution in [3.05, 3.63) is 77.9 Å². The molecule has 0 aromatic heterocycles. The minimum absolute atomic E-state index is 0.162. The van der Waals surface area contributed by atoms with E-state index in [0.29, 0.717) is 5.56 Å². The van der Waals surface area contributed by atoms with E-state index in [4.69, 9.17) is 0 Å². The van der Waals surface area contributed by atoms with Crippen molar-refractivity contribution < 1.29 is 13.9 Å². The predicted octanol–water partition coefficient (Wildman–Crippen LogP) is 4.99. The van der Waals surface area contributed by atoms with Crippen LogP contribution in [0.3, 0.4) is 0 Å². The molecule has 3 aromatic carbocycles. The number of phenols is 1. The molecular weight excluding hydrogens is 322 g/mol. The lowest BCUT2D eigenvalue weighted by Gasteiger charge is -2.11. The summed E-state index contributed by atoms with van der Waals surface area (Å²) in [6.07, 6.45) is 0. The second-order valence-corrected chi connectivity index (χ2v) is 5.63. The van der Waals surface area contributed by atoms with Crippen molar-refractivity contribution in [1.82, 2.24) is 0 Å². The van der Waals surface area contributed by atoms with Crippen LogP contribution < -0.4 is 10.6 Å². The van der Waals surface area contributed by atoms with Crippen molar-refractivity contribution in [2.24, 2.45) is 0 Å². The number of anilines is 2. The van der Waals surface area contributed by atoms with Crippen molar-refractivity contribution in [2.75, 3.05) is 17.7 Å². The van der Waals surface area contributed by atoms with Crippen LogP contribution in [0.2, 0.25) is 0 Å². The maximum absolute atomic E-state index is 13.7. The first-order chi connectivity index (χ1) is 12.1. The van der Waals surface area contributed by atoms with E-state index in [-0.39, 0.29) is 17.9 Å². The second kappa shape index (κ2) is 7.21. The molecule has 0 radical (unpaired) electrons. The fourth-order valence-electron chi connectivity index (χ4n) is 2.60. The van der Waals surface area contributed by atoms with Gasteiger partial charge in [-0.3, -0.25) is 0 Å². The number of phenolic OH excluding ortho intramolecular Hbond substituents is 1. The molecule has 3 N–H and O–H groups in total. The summed E-state index contributed by atoms with van der Waals surface area (Å²) in [5, 5.41) is 16.2. The number of rotatable bonds is 5. The molecule has 25 heavy (non-hydrogen) atoms. The van der Waals surface area contributed by atoms with E-state index >= 15 is 0 Å². The third kappa shape index (κ3) is 3.71. The summed E-state index contributed by atoms with van der Waals surface area (Å²) in [4.78, 5) is 0. The lowest BCUT2D eigenvalue weighted by atomic mass is 10.0. The number of nitrogens with one attached hydrogen (secondary N) is 2. The van der Waals surface area contributed by atoms with Gasteiger partial charge in [-0.05, 0) is 42.0 Å². The van der Waals surface area contributed by atoms with Gasteiger partial charge in [-0.15, -0.1) is 0 Å². The van der Waals surface area contributed by atoms with Crippen molar-refractivity contribution in [1.29, 1.82) is 0 Å². The molecule has 0 bridgehead atoms. The molecule has 0 amide bonds. The van der Waals surface area contributed by atoms with Crippen LogP contribution in [0.5, 0.6) is 5.75 Å². The first kappa shape index (κ1) is 16.8. The average Bonchev–Trinajstić information content (AvgIpc) is 2.63. The maximum Gasteiger partial charge on any atom is 0.163 e. The summed E-state index contributed by atoms with van der Waals surface area (Å²) in [7, 11) is 1.81. The highest BCUT2D eigenvalue weighted by Gasteiger charge is 2.09. The third-order valence-corrected chi connectivity index (χ3v) is 3.97. The van der Waals surface area contributed by atoms with Crippen LogP contribution in [-0.2, 0) is 6.54 Å². The summed E-state index contributed by atoms with van der Waals surface area (Å²) in [6.45, 7) is 0.162. The Hall–Kier alpha value is -3.08. The highest BCUT2D eigenvalue weighted by molar-refractivity contribution is 5.76. The van der Waals surface area contributed by atoms with Crippen LogP contribution >= 0.6 is 0 Å². The molecule has 0 unspecified atom stereocenters. The predicted molar refractivity (Wildman–Crippen MR) is 96.8 cm³/mol. The van der Waals surface area contributed by atoms with Crippen LogP contribution in [-0.4, -0.2) is 12.2 Å². The van der Waals surface area contributed by atoms with Gasteiger partial charge in [0.25, 0.3) is 0 Å². The Morgan fingerprint density at radius 3 is 2.52 bits per heavy atom. The van der Waals surface area contributed by atoms with Crippen molar-refractivity contribution >= 4 is 11.4 Å². The molecule has 3 nitrogen and oxygen atoms in total. The van der Waals surface area contributed by atoms with Crippen molar-refractivity contribution in [2.45, 2.75) is 6.54 Å². The Kier molecular flexibility index (Phi) is 4.84. The van der Waals surface area contributed by atoms with Gasteiger partial charge >= 0.3 is 0 Å². The van der Waals surface area contributed by atoms with Gasteiger partial charge in [-0.1, -0.05) is 24.3 Å². The summed E-state index contributed by atoms with van der Waals surface area (Å²) in [6, 6.07) is 16.8. The summed E-state index contributed by atoms with van der Waals surface area (Å²) < 4.78 is 27.0. The zero-order chi connectivity index (χ0) is 17.8. The van der Waals surface area contributed by atoms with Crippen LogP contribution in [0.1, 0.15) is 5.56 Å². The van der Waals surface area contributed by atoms with Crippen LogP contribution in [0, 0.1) is 11.6 Å². The fourth-order valence-corrected chi connectivity index (χ4v) is 2.60. The van der Waals surface area contributed by atoms with Crippen molar-refractivity contribution in [3.63, 3.8) is 0 Å². The third-order valence-electron chi connectivity index (χ3n) is 3.97. The molecule has 0 spiro atoms. The highest BCUT2D eigenvalue weighted by Crippen LogP contribution is 2.33. The number of halogens is 2. The van der Waals surface area contributed by atoms with Gasteiger partial charge in [0, 0.05) is 36.1 Å². The van der Waals surface area contributed by atoms with Crippen molar-refractivity contribution in [3.8, 4) is 16.9 Å². The molecule has 0 atom stereocenters. The molecule has 0 fully saturated rings. The molecular formula is C20H18F2N2O. The van der Waals surface area contributed by atoms with Crippen LogP contribution in [0.15, 0.2) is 60.7 Å². The van der Waals surface area contributed by atoms with Gasteiger partial charge in [0.2, 0.25) is 0 Å². The van der Waals surface area contributed by atoms with Crippen LogP contribution in [0.4, 0.5) is 20.2 Å². The smallest absolute Gasteiger partial charge is 0.163 e. The number of aromatic hydroxyl groups is 1. The fraction of sp³-hybridized carbons (Fsp3) is 0.100. The molecule has 0 aliphatic carbocycles. The number of benzene rings is 3. The topological polar surface area (TPSA) is 44.3 Å². The van der Waals surface area contributed by atoms with E-state index in [9.17, 15) is 13.9 Å². The second-order valence-electron chi connectivity index (χ2n) is 5.63. The zero-order valence-electron chi connectivity index (χ0n) is 13.7. The Balaban J connectivity index is 1.84. The molecule has 128 valence electrons. The van der Waals surface area contributed by atoms with Crippen LogP contribution in [0.25, 0.3) is 11.1 Å². The van der Waals surface area contributed by atoms with Gasteiger partial charge in [0.1, 0.15) is 5.75 Å². The lowest BCUT2D eigenvalue weighted by molar-refractivity contribution is 0.477. The van der Waals surface area contributed by atoms with Gasteiger partial charge in [-0.25, -0.2) is 8.78 Å². The molecule has 3 aromatic rings. The zero-order valence-corrected chi connectivity index (χ0v) is 13.7. The minimum atomic E-state index is -0.859. The molecule has 0 saturated carbocycles. The quantitative estimate of drug-likeness (QED) is 0.573. The normalized spacial score (nSPS) is 10.5. The maximum atomic E-state index is 13.7. The van der Waals surface area contributed by atoms with Gasteiger partial charge < -0.3 is 15.7 Å². The molecule has 0 aliphatic rings. The first-order valence-corrected chi connectivity index (χ1v) is 7.86. The van der Waals surface area contributed by atoms with E-state index in [0.717, 1.165) is 23.0 Å². The Morgan fingerprint density at radius 1 is 0.920 bits per heavy atom. The number of hydrogen-bond acceptors (Lipinski definition) is 3. The van der Waals surface area contributed by atoms with Gasteiger partial charge in [-0.2, -0.15) is 0 Å². The largest absolute Gasteiger partial charge is 0.507 e. The summed E-state index contributed by atoms with van der Waals surface area (Å²) in [5.41, 5.74) is 3.39. The minimum Gasteiger partial charge on any atom is -0.507 e. The summed E-state index contributed by atoms with van der Waals surface area (Å²) >= 11 is 0. The highest BCUT2D eigenvalue weighted by atomic mass is 19.2. The lowest BCUT2D eigenvalue weighted by Crippen LogP contribution is -2.03. The molecule has 0 heterocycles. The molecule has 0 aliphatic heterocycles. The average molecular weight is 340 g/mol. The summed E-state index contributed by atoms with van der Waals surface area (Å²) in [5.74, 6) is -1.53. The Bertz CT molecular complexity index is 897. The number of hydrogen-bond donors (Lipinski definition) is 3. The first-order valence-electron chi connectivity index (χ1n) is 7.86. The molecule has 3 rings (SSSR count). The van der Waals surface area contributed by atoms with E-state index in [2.05, 4.69) is 10.6 Å². The Morgan fingerprint density at radius 2 is 1.72 bits per heavy atom. The monoisotopic (exact) mass is 340 g/mol. The van der Waals surface area contributed by atoms with Gasteiger partial charge in [0.15, 0.2) is 11.6 Å². The molecule has 0 saturated heterocycles. The van der Waals surface area contributed by atoms with E-state index in [1.165, 1.54) is 12.1 Å².